The number of rotatable bonds is 5. The zero-order chi connectivity index (χ0) is 16.1. The molecule has 5 nitrogen and oxygen atoms in total. The summed E-state index contributed by atoms with van der Waals surface area (Å²) in [6, 6.07) is 7.02. The van der Waals surface area contributed by atoms with Gasteiger partial charge in [-0.3, -0.25) is 0 Å². The first-order valence-corrected chi connectivity index (χ1v) is 7.13. The van der Waals surface area contributed by atoms with Crippen LogP contribution in [0, 0.1) is 0 Å². The minimum absolute atomic E-state index is 0.243. The lowest BCUT2D eigenvalue weighted by Gasteiger charge is -2.31. The molecule has 1 unspecified atom stereocenters. The smallest absolute Gasteiger partial charge is 0.408 e. The third-order valence-corrected chi connectivity index (χ3v) is 3.16. The largest absolute Gasteiger partial charge is 0.508 e. The summed E-state index contributed by atoms with van der Waals surface area (Å²) >= 11 is 0. The highest BCUT2D eigenvalue weighted by atomic mass is 16.6. The predicted octanol–water partition coefficient (Wildman–Crippen LogP) is 2.57. The quantitative estimate of drug-likeness (QED) is 0.779. The van der Waals surface area contributed by atoms with Crippen LogP contribution < -0.4 is 11.1 Å². The molecular weight excluding hydrogens is 268 g/mol. The van der Waals surface area contributed by atoms with Gasteiger partial charge in [0.05, 0.1) is 5.54 Å². The van der Waals surface area contributed by atoms with Crippen LogP contribution in [0.1, 0.15) is 39.7 Å². The molecule has 1 amide bonds. The fraction of sp³-hybridized carbons (Fsp3) is 0.562. The van der Waals surface area contributed by atoms with Crippen LogP contribution in [0.15, 0.2) is 24.3 Å². The number of aryl methyl sites for hydroxylation is 1. The van der Waals surface area contributed by atoms with Gasteiger partial charge >= 0.3 is 6.09 Å². The Labute approximate surface area is 126 Å². The van der Waals surface area contributed by atoms with Gasteiger partial charge in [0, 0.05) is 6.54 Å². The third kappa shape index (κ3) is 6.49. The maximum absolute atomic E-state index is 11.9. The zero-order valence-electron chi connectivity index (χ0n) is 13.3. The second-order valence-corrected chi connectivity index (χ2v) is 6.56. The number of carbonyl (C=O) groups excluding carboxylic acids is 1. The van der Waals surface area contributed by atoms with E-state index in [9.17, 15) is 9.90 Å². The van der Waals surface area contributed by atoms with Gasteiger partial charge in [0.1, 0.15) is 11.4 Å². The summed E-state index contributed by atoms with van der Waals surface area (Å²) < 4.78 is 5.26. The Morgan fingerprint density at radius 1 is 1.24 bits per heavy atom. The molecule has 118 valence electrons. The standard InChI is InChI=1S/C16H26N2O3/c1-15(2,3)21-14(20)18-16(4,11-17)10-9-12-5-7-13(19)8-6-12/h5-8,19H,9-11,17H2,1-4H3,(H,18,20). The van der Waals surface area contributed by atoms with Crippen LogP contribution in [0.25, 0.3) is 0 Å². The van der Waals surface area contributed by atoms with Crippen LogP contribution in [0.5, 0.6) is 5.75 Å². The van der Waals surface area contributed by atoms with Crippen molar-refractivity contribution in [2.45, 2.75) is 51.7 Å². The monoisotopic (exact) mass is 294 g/mol. The highest BCUT2D eigenvalue weighted by molar-refractivity contribution is 5.68. The lowest BCUT2D eigenvalue weighted by Crippen LogP contribution is -2.52. The molecule has 0 saturated heterocycles. The number of aromatic hydroxyl groups is 1. The Balaban J connectivity index is 2.59. The number of alkyl carbamates (subject to hydrolysis) is 1. The molecule has 1 aromatic rings. The molecule has 0 saturated carbocycles. The maximum Gasteiger partial charge on any atom is 0.408 e. The number of nitrogens with two attached hydrogens (primary N) is 1. The van der Waals surface area contributed by atoms with Gasteiger partial charge in [0.15, 0.2) is 0 Å². The summed E-state index contributed by atoms with van der Waals surface area (Å²) in [6.45, 7) is 7.69. The second kappa shape index (κ2) is 6.80. The van der Waals surface area contributed by atoms with Gasteiger partial charge in [0.25, 0.3) is 0 Å². The minimum Gasteiger partial charge on any atom is -0.508 e. The molecule has 0 radical (unpaired) electrons. The van der Waals surface area contributed by atoms with Crippen molar-refractivity contribution in [3.05, 3.63) is 29.8 Å². The van der Waals surface area contributed by atoms with Gasteiger partial charge in [-0.25, -0.2) is 4.79 Å². The highest BCUT2D eigenvalue weighted by Gasteiger charge is 2.27. The number of nitrogens with one attached hydrogen (secondary N) is 1. The average Bonchev–Trinajstić information content (AvgIpc) is 2.36. The molecule has 1 aromatic carbocycles. The summed E-state index contributed by atoms with van der Waals surface area (Å²) in [5.74, 6) is 0.243. The van der Waals surface area contributed by atoms with Gasteiger partial charge in [-0.15, -0.1) is 0 Å². The summed E-state index contributed by atoms with van der Waals surface area (Å²) in [5.41, 5.74) is 5.82. The predicted molar refractivity (Wildman–Crippen MR) is 83.3 cm³/mol. The fourth-order valence-corrected chi connectivity index (χ4v) is 1.85. The number of carbonyl (C=O) groups is 1. The lowest BCUT2D eigenvalue weighted by molar-refractivity contribution is 0.0462. The van der Waals surface area contributed by atoms with Crippen LogP contribution in [0.4, 0.5) is 4.79 Å². The number of phenolic OH excluding ortho intramolecular Hbond substituents is 1. The van der Waals surface area contributed by atoms with E-state index in [1.807, 2.05) is 39.8 Å². The number of benzene rings is 1. The number of hydrogen-bond acceptors (Lipinski definition) is 4. The van der Waals surface area contributed by atoms with Gasteiger partial charge in [-0.1, -0.05) is 12.1 Å². The molecule has 0 bridgehead atoms. The van der Waals surface area contributed by atoms with Crippen LogP contribution in [-0.4, -0.2) is 28.9 Å². The number of hydrogen-bond donors (Lipinski definition) is 3. The molecule has 0 heterocycles. The molecule has 0 fully saturated rings. The van der Waals surface area contributed by atoms with Crippen molar-refractivity contribution < 1.29 is 14.6 Å². The summed E-state index contributed by atoms with van der Waals surface area (Å²) in [6.07, 6.45) is 0.984. The first-order chi connectivity index (χ1) is 9.63. The van der Waals surface area contributed by atoms with Crippen molar-refractivity contribution in [3.8, 4) is 5.75 Å². The summed E-state index contributed by atoms with van der Waals surface area (Å²) in [4.78, 5) is 11.9. The van der Waals surface area contributed by atoms with Crippen LogP contribution in [0.2, 0.25) is 0 Å². The van der Waals surface area contributed by atoms with E-state index in [1.165, 1.54) is 0 Å². The van der Waals surface area contributed by atoms with Gasteiger partial charge < -0.3 is 20.9 Å². The first kappa shape index (κ1) is 17.3. The van der Waals surface area contributed by atoms with E-state index < -0.39 is 17.2 Å². The highest BCUT2D eigenvalue weighted by Crippen LogP contribution is 2.17. The molecule has 5 heteroatoms. The Morgan fingerprint density at radius 2 is 1.81 bits per heavy atom. The van der Waals surface area contributed by atoms with Crippen LogP contribution >= 0.6 is 0 Å². The van der Waals surface area contributed by atoms with Crippen LogP contribution in [0.3, 0.4) is 0 Å². The normalized spacial score (nSPS) is 14.3. The maximum atomic E-state index is 11.9. The number of amides is 1. The Morgan fingerprint density at radius 3 is 2.29 bits per heavy atom. The van der Waals surface area contributed by atoms with Gasteiger partial charge in [-0.05, 0) is 58.2 Å². The SMILES string of the molecule is CC(CN)(CCc1ccc(O)cc1)NC(=O)OC(C)(C)C. The topological polar surface area (TPSA) is 84.6 Å². The summed E-state index contributed by atoms with van der Waals surface area (Å²) in [7, 11) is 0. The van der Waals surface area contributed by atoms with E-state index in [1.54, 1.807) is 12.1 Å². The molecule has 0 aromatic heterocycles. The fourth-order valence-electron chi connectivity index (χ4n) is 1.85. The molecule has 0 aliphatic carbocycles. The average molecular weight is 294 g/mol. The van der Waals surface area contributed by atoms with Crippen molar-refractivity contribution in [1.82, 2.24) is 5.32 Å². The molecule has 4 N–H and O–H groups in total. The van der Waals surface area contributed by atoms with Gasteiger partial charge in [0.2, 0.25) is 0 Å². The first-order valence-electron chi connectivity index (χ1n) is 7.13. The van der Waals surface area contributed by atoms with E-state index in [-0.39, 0.29) is 5.75 Å². The third-order valence-electron chi connectivity index (χ3n) is 3.16. The van der Waals surface area contributed by atoms with Crippen molar-refractivity contribution in [2.75, 3.05) is 6.54 Å². The Kier molecular flexibility index (Phi) is 5.61. The Bertz CT molecular complexity index is 465. The van der Waals surface area contributed by atoms with Crippen molar-refractivity contribution in [3.63, 3.8) is 0 Å². The van der Waals surface area contributed by atoms with Crippen molar-refractivity contribution >= 4 is 6.09 Å². The minimum atomic E-state index is -0.531. The molecular formula is C16H26N2O3. The molecule has 0 spiro atoms. The number of phenols is 1. The van der Waals surface area contributed by atoms with E-state index in [0.717, 1.165) is 12.0 Å². The van der Waals surface area contributed by atoms with Crippen LogP contribution in [-0.2, 0) is 11.2 Å². The zero-order valence-corrected chi connectivity index (χ0v) is 13.3. The van der Waals surface area contributed by atoms with Crippen molar-refractivity contribution in [2.24, 2.45) is 5.73 Å². The van der Waals surface area contributed by atoms with E-state index in [4.69, 9.17) is 10.5 Å². The van der Waals surface area contributed by atoms with E-state index in [2.05, 4.69) is 5.32 Å². The number of ether oxygens (including phenoxy) is 1. The van der Waals surface area contributed by atoms with Crippen molar-refractivity contribution in [1.29, 1.82) is 0 Å². The second-order valence-electron chi connectivity index (χ2n) is 6.56. The molecule has 0 aliphatic heterocycles. The lowest BCUT2D eigenvalue weighted by atomic mass is 9.93. The van der Waals surface area contributed by atoms with E-state index in [0.29, 0.717) is 13.0 Å². The molecule has 21 heavy (non-hydrogen) atoms. The summed E-state index contributed by atoms with van der Waals surface area (Å²) in [5, 5.41) is 12.1. The van der Waals surface area contributed by atoms with Gasteiger partial charge in [-0.2, -0.15) is 0 Å². The van der Waals surface area contributed by atoms with E-state index >= 15 is 0 Å². The Hall–Kier alpha value is -1.75. The molecule has 1 atom stereocenters. The molecule has 1 rings (SSSR count). The molecule has 0 aliphatic rings.